The average molecular weight is 560 g/mol. The smallest absolute Gasteiger partial charge is 0.475 e. The summed E-state index contributed by atoms with van der Waals surface area (Å²) in [5.74, 6) is -4.91. The van der Waals surface area contributed by atoms with Crippen molar-refractivity contribution in [2.45, 2.75) is 50.4 Å². The van der Waals surface area contributed by atoms with Gasteiger partial charge in [0.15, 0.2) is 0 Å². The van der Waals surface area contributed by atoms with Crippen LogP contribution in [-0.4, -0.2) is 85.8 Å². The van der Waals surface area contributed by atoms with E-state index in [9.17, 15) is 26.3 Å². The lowest BCUT2D eigenvalue weighted by Gasteiger charge is -2.52. The Kier molecular flexibility index (Phi) is 10.2. The summed E-state index contributed by atoms with van der Waals surface area (Å²) in [6.45, 7) is 5.60. The number of carboxylic acid groups (broad SMARTS) is 2. The molecule has 2 aromatic heterocycles. The predicted octanol–water partition coefficient (Wildman–Crippen LogP) is 3.32. The summed E-state index contributed by atoms with van der Waals surface area (Å²) in [5.41, 5.74) is 1.05. The number of carbonyl (C=O) groups is 2. The van der Waals surface area contributed by atoms with Gasteiger partial charge in [0.25, 0.3) is 0 Å². The predicted molar refractivity (Wildman–Crippen MR) is 114 cm³/mol. The number of aliphatic carboxylic acids is 2. The van der Waals surface area contributed by atoms with Crippen LogP contribution in [0.15, 0.2) is 24.0 Å². The highest BCUT2D eigenvalue weighted by Gasteiger charge is 2.48. The molecule has 1 unspecified atom stereocenters. The van der Waals surface area contributed by atoms with E-state index in [1.807, 2.05) is 6.92 Å². The van der Waals surface area contributed by atoms with Crippen molar-refractivity contribution >= 4 is 23.3 Å². The number of thiazole rings is 1. The molecule has 0 aromatic carbocycles. The van der Waals surface area contributed by atoms with Crippen molar-refractivity contribution in [3.63, 3.8) is 0 Å². The van der Waals surface area contributed by atoms with Crippen LogP contribution < -0.4 is 4.74 Å². The molecule has 17 heteroatoms. The van der Waals surface area contributed by atoms with Crippen molar-refractivity contribution in [3.8, 4) is 5.88 Å². The van der Waals surface area contributed by atoms with Crippen molar-refractivity contribution in [2.24, 2.45) is 0 Å². The fourth-order valence-electron chi connectivity index (χ4n) is 3.37. The van der Waals surface area contributed by atoms with Gasteiger partial charge in [0.1, 0.15) is 11.1 Å². The number of hydrogen-bond donors (Lipinski definition) is 2. The number of aromatic nitrogens is 3. The van der Waals surface area contributed by atoms with Crippen molar-refractivity contribution in [3.05, 3.63) is 34.7 Å². The molecule has 2 fully saturated rings. The first-order chi connectivity index (χ1) is 17.1. The van der Waals surface area contributed by atoms with Crippen molar-refractivity contribution in [1.29, 1.82) is 0 Å². The Morgan fingerprint density at radius 2 is 1.76 bits per heavy atom. The first-order valence-electron chi connectivity index (χ1n) is 10.4. The minimum atomic E-state index is -5.08. The number of carboxylic acids is 2. The zero-order valence-electron chi connectivity index (χ0n) is 19.1. The quantitative estimate of drug-likeness (QED) is 0.536. The van der Waals surface area contributed by atoms with Crippen LogP contribution in [0.3, 0.4) is 0 Å². The molecule has 4 rings (SSSR count). The van der Waals surface area contributed by atoms with Gasteiger partial charge in [0.05, 0.1) is 24.9 Å². The first-order valence-corrected chi connectivity index (χ1v) is 11.3. The van der Waals surface area contributed by atoms with Crippen LogP contribution in [0.4, 0.5) is 26.3 Å². The van der Waals surface area contributed by atoms with Crippen LogP contribution >= 0.6 is 11.3 Å². The van der Waals surface area contributed by atoms with Crippen molar-refractivity contribution in [2.75, 3.05) is 19.7 Å². The van der Waals surface area contributed by atoms with Gasteiger partial charge < -0.3 is 19.7 Å². The first kappa shape index (κ1) is 30.2. The third-order valence-electron chi connectivity index (χ3n) is 4.81. The van der Waals surface area contributed by atoms with E-state index in [4.69, 9.17) is 29.3 Å². The standard InChI is InChI=1S/C16H20N4O2S.2C2HF3O2/c1-12-9-23-15(19-12)8-20-10-16(11-20)6-13(2-5-21-16)22-14-7-17-3-4-18-14;2*3-2(4,5)1(6)7/h3-4,7,9,13H,2,5-6,8,10-11H2,1H3;2*(H,6,7). The molecule has 2 aromatic rings. The highest BCUT2D eigenvalue weighted by molar-refractivity contribution is 7.09. The van der Waals surface area contributed by atoms with Gasteiger partial charge in [-0.25, -0.2) is 19.6 Å². The molecule has 206 valence electrons. The molecule has 0 aliphatic carbocycles. The van der Waals surface area contributed by atoms with Crippen LogP contribution in [0.25, 0.3) is 0 Å². The minimum Gasteiger partial charge on any atom is -0.475 e. The number of rotatable bonds is 4. The second-order valence-corrected chi connectivity index (χ2v) is 8.88. The molecular weight excluding hydrogens is 538 g/mol. The Morgan fingerprint density at radius 3 is 2.22 bits per heavy atom. The van der Waals surface area contributed by atoms with E-state index in [0.29, 0.717) is 5.88 Å². The van der Waals surface area contributed by atoms with Gasteiger partial charge in [-0.3, -0.25) is 9.88 Å². The summed E-state index contributed by atoms with van der Waals surface area (Å²) in [7, 11) is 0. The van der Waals surface area contributed by atoms with E-state index in [2.05, 4.69) is 25.2 Å². The monoisotopic (exact) mass is 560 g/mol. The SMILES string of the molecule is Cc1csc(CN2CC3(CC(Oc4cnccn4)CCO3)C2)n1.O=C(O)C(F)(F)F.O=C(O)C(F)(F)F. The Balaban J connectivity index is 0.000000286. The van der Waals surface area contributed by atoms with Crippen molar-refractivity contribution < 1.29 is 55.6 Å². The summed E-state index contributed by atoms with van der Waals surface area (Å²) < 4.78 is 75.5. The molecule has 0 bridgehead atoms. The maximum atomic E-state index is 10.6. The Labute approximate surface area is 209 Å². The third kappa shape index (κ3) is 10.1. The molecule has 4 heterocycles. The van der Waals surface area contributed by atoms with Gasteiger partial charge >= 0.3 is 24.3 Å². The highest BCUT2D eigenvalue weighted by atomic mass is 32.1. The molecule has 1 spiro atoms. The van der Waals surface area contributed by atoms with Gasteiger partial charge in [-0.15, -0.1) is 11.3 Å². The second-order valence-electron chi connectivity index (χ2n) is 7.94. The molecule has 0 saturated carbocycles. The molecule has 2 N–H and O–H groups in total. The summed E-state index contributed by atoms with van der Waals surface area (Å²) in [5, 5.41) is 17.5. The number of aryl methyl sites for hydroxylation is 1. The number of halogens is 6. The van der Waals surface area contributed by atoms with Crippen LogP contribution in [0.1, 0.15) is 23.5 Å². The fourth-order valence-corrected chi connectivity index (χ4v) is 4.18. The van der Waals surface area contributed by atoms with E-state index in [1.165, 1.54) is 5.01 Å². The zero-order chi connectivity index (χ0) is 27.9. The Hall–Kier alpha value is -3.05. The molecular formula is C20H22F6N4O6S. The summed E-state index contributed by atoms with van der Waals surface area (Å²) in [6, 6.07) is 0. The lowest BCUT2D eigenvalue weighted by atomic mass is 9.85. The lowest BCUT2D eigenvalue weighted by molar-refractivity contribution is -0.193. The van der Waals surface area contributed by atoms with Crippen LogP contribution in [0.2, 0.25) is 0 Å². The Morgan fingerprint density at radius 1 is 1.16 bits per heavy atom. The maximum Gasteiger partial charge on any atom is 0.490 e. The largest absolute Gasteiger partial charge is 0.490 e. The summed E-state index contributed by atoms with van der Waals surface area (Å²) in [4.78, 5) is 33.0. The maximum absolute atomic E-state index is 10.6. The number of hydrogen-bond acceptors (Lipinski definition) is 9. The second kappa shape index (κ2) is 12.5. The zero-order valence-corrected chi connectivity index (χ0v) is 19.9. The van der Waals surface area contributed by atoms with Gasteiger partial charge in [-0.2, -0.15) is 26.3 Å². The van der Waals surface area contributed by atoms with Crippen LogP contribution in [0.5, 0.6) is 5.88 Å². The molecule has 1 atom stereocenters. The molecule has 37 heavy (non-hydrogen) atoms. The summed E-state index contributed by atoms with van der Waals surface area (Å²) in [6.07, 6.45) is -3.21. The summed E-state index contributed by atoms with van der Waals surface area (Å²) >= 11 is 1.73. The number of alkyl halides is 6. The number of nitrogens with zero attached hydrogens (tertiary/aromatic N) is 4. The van der Waals surface area contributed by atoms with Crippen LogP contribution in [0, 0.1) is 6.92 Å². The lowest BCUT2D eigenvalue weighted by Crippen LogP contribution is -2.65. The van der Waals surface area contributed by atoms with E-state index >= 15 is 0 Å². The van der Waals surface area contributed by atoms with E-state index in [1.54, 1.807) is 29.9 Å². The highest BCUT2D eigenvalue weighted by Crippen LogP contribution is 2.36. The van der Waals surface area contributed by atoms with Gasteiger partial charge in [-0.05, 0) is 6.92 Å². The van der Waals surface area contributed by atoms with E-state index in [0.717, 1.165) is 44.8 Å². The van der Waals surface area contributed by atoms with E-state index in [-0.39, 0.29) is 11.7 Å². The molecule has 2 saturated heterocycles. The van der Waals surface area contributed by atoms with Gasteiger partial charge in [0, 0.05) is 49.4 Å². The molecule has 2 aliphatic rings. The van der Waals surface area contributed by atoms with Crippen molar-refractivity contribution in [1.82, 2.24) is 19.9 Å². The topological polar surface area (TPSA) is 135 Å². The normalized spacial score (nSPS) is 18.9. The molecule has 0 radical (unpaired) electrons. The van der Waals surface area contributed by atoms with E-state index < -0.39 is 24.3 Å². The molecule has 2 aliphatic heterocycles. The third-order valence-corrected chi connectivity index (χ3v) is 5.76. The number of likely N-dealkylation sites (tertiary alicyclic amines) is 1. The number of ether oxygens (including phenoxy) is 2. The Bertz CT molecular complexity index is 1010. The molecule has 10 nitrogen and oxygen atoms in total. The van der Waals surface area contributed by atoms with Crippen LogP contribution in [-0.2, 0) is 20.9 Å². The average Bonchev–Trinajstić information content (AvgIpc) is 3.18. The van der Waals surface area contributed by atoms with Gasteiger partial charge in [0.2, 0.25) is 5.88 Å². The fraction of sp³-hybridized carbons (Fsp3) is 0.550. The minimum absolute atomic E-state index is 0.0581. The molecule has 0 amide bonds. The van der Waals surface area contributed by atoms with Gasteiger partial charge in [-0.1, -0.05) is 0 Å².